The van der Waals surface area contributed by atoms with E-state index in [9.17, 15) is 29.3 Å². The minimum absolute atomic E-state index is 0.656. The molecule has 0 saturated carbocycles. The Balaban J connectivity index is 2.18. The van der Waals surface area contributed by atoms with Gasteiger partial charge in [-0.25, -0.2) is 4.79 Å². The second kappa shape index (κ2) is 5.81. The van der Waals surface area contributed by atoms with E-state index in [1.165, 1.54) is 0 Å². The quantitative estimate of drug-likeness (QED) is 0.412. The van der Waals surface area contributed by atoms with Gasteiger partial charge in [0.15, 0.2) is 6.23 Å². The molecule has 2 unspecified atom stereocenters. The van der Waals surface area contributed by atoms with Crippen LogP contribution in [0.2, 0.25) is 0 Å². The summed E-state index contributed by atoms with van der Waals surface area (Å²) in [5, 5.41) is 19.5. The number of aromatic amines is 1. The number of rotatable bonds is 4. The molecule has 1 aromatic rings. The van der Waals surface area contributed by atoms with E-state index in [0.29, 0.717) is 0 Å². The Hall–Kier alpha value is -1.33. The molecule has 118 valence electrons. The molecule has 2 heterocycles. The van der Waals surface area contributed by atoms with Crippen molar-refractivity contribution in [3.8, 4) is 0 Å². The van der Waals surface area contributed by atoms with Crippen molar-refractivity contribution < 1.29 is 33.8 Å². The van der Waals surface area contributed by atoms with Gasteiger partial charge in [0.1, 0.15) is 18.3 Å². The molecule has 21 heavy (non-hydrogen) atoms. The van der Waals surface area contributed by atoms with E-state index >= 15 is 0 Å². The highest BCUT2D eigenvalue weighted by Gasteiger charge is 2.44. The van der Waals surface area contributed by atoms with Gasteiger partial charge in [0, 0.05) is 12.3 Å². The summed E-state index contributed by atoms with van der Waals surface area (Å²) in [6.45, 7) is -0.746. The Labute approximate surface area is 116 Å². The molecule has 0 bridgehead atoms. The summed E-state index contributed by atoms with van der Waals surface area (Å²) in [4.78, 5) is 43.4. The predicted octanol–water partition coefficient (Wildman–Crippen LogP) is -3.37. The van der Waals surface area contributed by atoms with Crippen molar-refractivity contribution >= 4 is 7.82 Å². The van der Waals surface area contributed by atoms with Gasteiger partial charge in [0.05, 0.1) is 6.61 Å². The molecule has 0 spiro atoms. The van der Waals surface area contributed by atoms with Gasteiger partial charge in [-0.05, 0) is 0 Å². The van der Waals surface area contributed by atoms with Crippen LogP contribution in [0.4, 0.5) is 0 Å². The van der Waals surface area contributed by atoms with E-state index in [1.54, 1.807) is 0 Å². The second-order valence-electron chi connectivity index (χ2n) is 4.33. The topological polar surface area (TPSA) is 174 Å². The highest BCUT2D eigenvalue weighted by Crippen LogP contribution is 2.34. The van der Waals surface area contributed by atoms with Crippen molar-refractivity contribution in [1.29, 1.82) is 0 Å². The molecule has 0 aliphatic carbocycles. The summed E-state index contributed by atoms with van der Waals surface area (Å²) < 4.78 is 20.5. The zero-order chi connectivity index (χ0) is 15.8. The highest BCUT2D eigenvalue weighted by molar-refractivity contribution is 7.44. The van der Waals surface area contributed by atoms with Gasteiger partial charge in [0.2, 0.25) is 0 Å². The number of ether oxygens (including phenoxy) is 1. The Morgan fingerprint density at radius 2 is 2.10 bits per heavy atom. The SMILES string of the molecule is O=c1ccn([C@@H]2O[C@H](COP(=O)([O-])O)[C@H](O)C2O)c(=O)[nH]1. The van der Waals surface area contributed by atoms with Gasteiger partial charge in [-0.3, -0.25) is 18.9 Å². The van der Waals surface area contributed by atoms with Crippen LogP contribution < -0.4 is 16.1 Å². The summed E-state index contributed by atoms with van der Waals surface area (Å²) in [6, 6.07) is 1.01. The minimum atomic E-state index is -5.01. The molecule has 4 N–H and O–H groups in total. The number of nitrogens with zero attached hydrogens (tertiary/aromatic N) is 1. The molecule has 1 aliphatic rings. The van der Waals surface area contributed by atoms with Crippen molar-refractivity contribution in [1.82, 2.24) is 9.55 Å². The van der Waals surface area contributed by atoms with Gasteiger partial charge in [-0.1, -0.05) is 0 Å². The molecule has 1 aromatic heterocycles. The molecular weight excluding hydrogens is 311 g/mol. The number of phosphoric acid groups is 1. The predicted molar refractivity (Wildman–Crippen MR) is 63.0 cm³/mol. The van der Waals surface area contributed by atoms with Crippen LogP contribution in [-0.2, 0) is 13.8 Å². The number of hydrogen-bond donors (Lipinski definition) is 4. The summed E-state index contributed by atoms with van der Waals surface area (Å²) in [6.07, 6.45) is -4.71. The van der Waals surface area contributed by atoms with Crippen molar-refractivity contribution in [2.24, 2.45) is 0 Å². The van der Waals surface area contributed by atoms with Gasteiger partial charge < -0.3 is 29.3 Å². The molecule has 5 atom stereocenters. The number of nitrogens with one attached hydrogen (secondary N) is 1. The fraction of sp³-hybridized carbons (Fsp3) is 0.556. The Morgan fingerprint density at radius 1 is 1.43 bits per heavy atom. The third-order valence-corrected chi connectivity index (χ3v) is 3.34. The monoisotopic (exact) mass is 323 g/mol. The van der Waals surface area contributed by atoms with Crippen molar-refractivity contribution in [3.05, 3.63) is 33.1 Å². The number of phosphoric ester groups is 1. The van der Waals surface area contributed by atoms with Crippen LogP contribution in [-0.4, -0.2) is 49.6 Å². The van der Waals surface area contributed by atoms with Crippen LogP contribution in [0.25, 0.3) is 0 Å². The molecular formula is C9H12N2O9P-. The Bertz CT molecular complexity index is 664. The van der Waals surface area contributed by atoms with Crippen LogP contribution in [0.5, 0.6) is 0 Å². The van der Waals surface area contributed by atoms with E-state index in [0.717, 1.165) is 16.8 Å². The molecule has 2 rings (SSSR count). The number of aliphatic hydroxyl groups is 2. The number of hydrogen-bond acceptors (Lipinski definition) is 8. The van der Waals surface area contributed by atoms with Crippen molar-refractivity contribution in [3.63, 3.8) is 0 Å². The minimum Gasteiger partial charge on any atom is -0.756 e. The van der Waals surface area contributed by atoms with E-state index < -0.39 is 50.2 Å². The summed E-state index contributed by atoms with van der Waals surface area (Å²) in [7, 11) is -5.01. The standard InChI is InChI=1S/C9H13N2O9P/c12-5-1-2-11(9(15)10-5)8-7(14)6(13)4(20-8)3-19-21(16,17)18/h1-2,4,6-8,13-14H,3H2,(H,10,12,15)(H2,16,17,18)/p-1/t4-,6+,7?,8-/m1/s1. The first-order valence-corrected chi connectivity index (χ1v) is 7.20. The maximum Gasteiger partial charge on any atom is 0.330 e. The molecule has 11 nitrogen and oxygen atoms in total. The molecule has 0 aromatic carbocycles. The maximum atomic E-state index is 11.6. The smallest absolute Gasteiger partial charge is 0.330 e. The second-order valence-corrected chi connectivity index (χ2v) is 5.52. The van der Waals surface area contributed by atoms with E-state index in [2.05, 4.69) is 4.52 Å². The summed E-state index contributed by atoms with van der Waals surface area (Å²) in [5.41, 5.74) is -1.53. The normalized spacial score (nSPS) is 32.0. The summed E-state index contributed by atoms with van der Waals surface area (Å²) >= 11 is 0. The Kier molecular flexibility index (Phi) is 4.44. The van der Waals surface area contributed by atoms with Gasteiger partial charge in [0.25, 0.3) is 13.4 Å². The molecule has 0 radical (unpaired) electrons. The largest absolute Gasteiger partial charge is 0.756 e. The molecule has 0 amide bonds. The number of aromatic nitrogens is 2. The molecule has 1 fully saturated rings. The lowest BCUT2D eigenvalue weighted by Gasteiger charge is -2.20. The van der Waals surface area contributed by atoms with Gasteiger partial charge >= 0.3 is 5.69 Å². The van der Waals surface area contributed by atoms with Gasteiger partial charge in [-0.2, -0.15) is 0 Å². The van der Waals surface area contributed by atoms with E-state index in [4.69, 9.17) is 9.63 Å². The fourth-order valence-corrected chi connectivity index (χ4v) is 2.23. The molecule has 1 aliphatic heterocycles. The first-order chi connectivity index (χ1) is 9.69. The zero-order valence-electron chi connectivity index (χ0n) is 10.4. The average Bonchev–Trinajstić information content (AvgIpc) is 2.64. The maximum absolute atomic E-state index is 11.6. The molecule has 12 heteroatoms. The van der Waals surface area contributed by atoms with Crippen LogP contribution in [0.1, 0.15) is 6.23 Å². The third-order valence-electron chi connectivity index (χ3n) is 2.86. The molecule has 1 saturated heterocycles. The average molecular weight is 323 g/mol. The Morgan fingerprint density at radius 3 is 2.67 bits per heavy atom. The van der Waals surface area contributed by atoms with Crippen molar-refractivity contribution in [2.45, 2.75) is 24.5 Å². The first-order valence-electron chi connectivity index (χ1n) is 5.70. The van der Waals surface area contributed by atoms with Crippen LogP contribution in [0, 0.1) is 0 Å². The van der Waals surface area contributed by atoms with Gasteiger partial charge in [-0.15, -0.1) is 0 Å². The summed E-state index contributed by atoms with van der Waals surface area (Å²) in [5.74, 6) is 0. The van der Waals surface area contributed by atoms with Crippen molar-refractivity contribution in [2.75, 3.05) is 6.61 Å². The third kappa shape index (κ3) is 3.66. The van der Waals surface area contributed by atoms with Crippen LogP contribution >= 0.6 is 7.82 Å². The van der Waals surface area contributed by atoms with E-state index in [-0.39, 0.29) is 0 Å². The lowest BCUT2D eigenvalue weighted by Crippen LogP contribution is -2.37. The fourth-order valence-electron chi connectivity index (χ4n) is 1.89. The van der Waals surface area contributed by atoms with Crippen LogP contribution in [0.15, 0.2) is 21.9 Å². The highest BCUT2D eigenvalue weighted by atomic mass is 31.2. The lowest BCUT2D eigenvalue weighted by atomic mass is 10.1. The lowest BCUT2D eigenvalue weighted by molar-refractivity contribution is -0.222. The van der Waals surface area contributed by atoms with E-state index in [1.807, 2.05) is 4.98 Å². The number of H-pyrrole nitrogens is 1. The zero-order valence-corrected chi connectivity index (χ0v) is 11.3. The first kappa shape index (κ1) is 16.0. The van der Waals surface area contributed by atoms with Crippen LogP contribution in [0.3, 0.4) is 0 Å². The number of aliphatic hydroxyl groups excluding tert-OH is 2.